The summed E-state index contributed by atoms with van der Waals surface area (Å²) in [5.74, 6) is 0.784. The maximum absolute atomic E-state index is 5.56. The van der Waals surface area contributed by atoms with Crippen LogP contribution in [0.5, 0.6) is 0 Å². The summed E-state index contributed by atoms with van der Waals surface area (Å²) in [4.78, 5) is 5.83. The summed E-state index contributed by atoms with van der Waals surface area (Å²) >= 11 is 1.71. The number of aliphatic imine (C=N–C) groups is 1. The molecular formula is C15H26N4S. The van der Waals surface area contributed by atoms with Gasteiger partial charge in [-0.15, -0.1) is 11.8 Å². The van der Waals surface area contributed by atoms with Crippen LogP contribution in [0.4, 0.5) is 5.69 Å². The first kappa shape index (κ1) is 16.9. The number of guanidine groups is 1. The third-order valence-corrected chi connectivity index (χ3v) is 3.30. The van der Waals surface area contributed by atoms with Crippen LogP contribution >= 0.6 is 11.8 Å². The highest BCUT2D eigenvalue weighted by Crippen LogP contribution is 2.24. The first-order valence-corrected chi connectivity index (χ1v) is 8.07. The third-order valence-electron chi connectivity index (χ3n) is 2.51. The summed E-state index contributed by atoms with van der Waals surface area (Å²) < 4.78 is 0. The van der Waals surface area contributed by atoms with Gasteiger partial charge >= 0.3 is 0 Å². The summed E-state index contributed by atoms with van der Waals surface area (Å²) in [5, 5.41) is 6.61. The SMILES string of the molecule is CSc1ccccc1NC(=NCC(C)(C)C)NCCN. The van der Waals surface area contributed by atoms with E-state index >= 15 is 0 Å². The Morgan fingerprint density at radius 1 is 1.30 bits per heavy atom. The van der Waals surface area contributed by atoms with Crippen molar-refractivity contribution in [2.45, 2.75) is 25.7 Å². The zero-order chi connectivity index (χ0) is 15.0. The Hall–Kier alpha value is -1.20. The van der Waals surface area contributed by atoms with Crippen LogP contribution in [-0.4, -0.2) is 31.8 Å². The van der Waals surface area contributed by atoms with Crippen molar-refractivity contribution >= 4 is 23.4 Å². The zero-order valence-corrected chi connectivity index (χ0v) is 13.7. The molecule has 0 radical (unpaired) electrons. The van der Waals surface area contributed by atoms with Crippen LogP contribution in [0.25, 0.3) is 0 Å². The van der Waals surface area contributed by atoms with Crippen LogP contribution in [0.15, 0.2) is 34.2 Å². The molecule has 0 unspecified atom stereocenters. The van der Waals surface area contributed by atoms with Gasteiger partial charge in [-0.1, -0.05) is 32.9 Å². The number of nitrogens with two attached hydrogens (primary N) is 1. The molecule has 0 atom stereocenters. The molecule has 1 aromatic carbocycles. The smallest absolute Gasteiger partial charge is 0.195 e. The number of benzene rings is 1. The number of hydrogen-bond acceptors (Lipinski definition) is 3. The summed E-state index contributed by atoms with van der Waals surface area (Å²) in [6, 6.07) is 8.21. The Bertz CT molecular complexity index is 438. The summed E-state index contributed by atoms with van der Waals surface area (Å²) in [6.45, 7) is 8.57. The maximum Gasteiger partial charge on any atom is 0.195 e. The van der Waals surface area contributed by atoms with Crippen molar-refractivity contribution in [2.75, 3.05) is 31.2 Å². The largest absolute Gasteiger partial charge is 0.355 e. The lowest BCUT2D eigenvalue weighted by Crippen LogP contribution is -2.35. The molecule has 1 aromatic rings. The van der Waals surface area contributed by atoms with E-state index in [1.165, 1.54) is 4.90 Å². The van der Waals surface area contributed by atoms with E-state index in [1.54, 1.807) is 11.8 Å². The van der Waals surface area contributed by atoms with Gasteiger partial charge in [0, 0.05) is 24.5 Å². The molecule has 0 spiro atoms. The second-order valence-electron chi connectivity index (χ2n) is 5.77. The van der Waals surface area contributed by atoms with Gasteiger partial charge in [0.25, 0.3) is 0 Å². The standard InChI is InChI=1S/C15H26N4S/c1-15(2,3)11-18-14(17-10-9-16)19-12-7-5-6-8-13(12)20-4/h5-8H,9-11,16H2,1-4H3,(H2,17,18,19). The highest BCUT2D eigenvalue weighted by molar-refractivity contribution is 7.98. The molecule has 0 fully saturated rings. The van der Waals surface area contributed by atoms with Gasteiger partial charge in [-0.3, -0.25) is 4.99 Å². The Balaban J connectivity index is 2.83. The van der Waals surface area contributed by atoms with E-state index < -0.39 is 0 Å². The number of nitrogens with zero attached hydrogens (tertiary/aromatic N) is 1. The van der Waals surface area contributed by atoms with Gasteiger partial charge in [0.05, 0.1) is 5.69 Å². The molecule has 5 heteroatoms. The average molecular weight is 294 g/mol. The number of nitrogens with one attached hydrogen (secondary N) is 2. The Morgan fingerprint density at radius 3 is 2.60 bits per heavy atom. The lowest BCUT2D eigenvalue weighted by atomic mass is 9.97. The van der Waals surface area contributed by atoms with Gasteiger partial charge in [0.15, 0.2) is 5.96 Å². The second kappa shape index (κ2) is 8.17. The van der Waals surface area contributed by atoms with Crippen LogP contribution in [0.1, 0.15) is 20.8 Å². The monoisotopic (exact) mass is 294 g/mol. The molecule has 0 saturated heterocycles. The fourth-order valence-corrected chi connectivity index (χ4v) is 2.08. The van der Waals surface area contributed by atoms with E-state index in [9.17, 15) is 0 Å². The van der Waals surface area contributed by atoms with Crippen LogP contribution in [-0.2, 0) is 0 Å². The van der Waals surface area contributed by atoms with Gasteiger partial charge in [-0.05, 0) is 23.8 Å². The minimum atomic E-state index is 0.163. The lowest BCUT2D eigenvalue weighted by molar-refractivity contribution is 0.429. The minimum absolute atomic E-state index is 0.163. The van der Waals surface area contributed by atoms with Crippen LogP contribution in [0, 0.1) is 5.41 Å². The molecule has 4 nitrogen and oxygen atoms in total. The molecule has 1 rings (SSSR count). The van der Waals surface area contributed by atoms with E-state index in [4.69, 9.17) is 5.73 Å². The fourth-order valence-electron chi connectivity index (χ4n) is 1.52. The van der Waals surface area contributed by atoms with Crippen LogP contribution in [0.3, 0.4) is 0 Å². The number of thioether (sulfide) groups is 1. The van der Waals surface area contributed by atoms with E-state index in [0.29, 0.717) is 13.1 Å². The molecule has 0 aromatic heterocycles. The van der Waals surface area contributed by atoms with E-state index in [1.807, 2.05) is 12.1 Å². The van der Waals surface area contributed by atoms with Crippen molar-refractivity contribution in [2.24, 2.45) is 16.1 Å². The molecule has 0 bridgehead atoms. The molecule has 0 aliphatic rings. The quantitative estimate of drug-likeness (QED) is 0.444. The molecule has 20 heavy (non-hydrogen) atoms. The summed E-state index contributed by atoms with van der Waals surface area (Å²) in [7, 11) is 0. The predicted molar refractivity (Wildman–Crippen MR) is 90.7 cm³/mol. The second-order valence-corrected chi connectivity index (χ2v) is 6.61. The third kappa shape index (κ3) is 6.30. The van der Waals surface area contributed by atoms with Crippen molar-refractivity contribution < 1.29 is 0 Å². The van der Waals surface area contributed by atoms with E-state index in [-0.39, 0.29) is 5.41 Å². The predicted octanol–water partition coefficient (Wildman–Crippen LogP) is 2.77. The Labute approximate surface area is 126 Å². The molecule has 0 saturated carbocycles. The topological polar surface area (TPSA) is 62.4 Å². The van der Waals surface area contributed by atoms with Crippen LogP contribution < -0.4 is 16.4 Å². The molecule has 4 N–H and O–H groups in total. The average Bonchev–Trinajstić information content (AvgIpc) is 2.41. The van der Waals surface area contributed by atoms with E-state index in [0.717, 1.165) is 18.2 Å². The summed E-state index contributed by atoms with van der Waals surface area (Å²) in [5.41, 5.74) is 6.79. The van der Waals surface area contributed by atoms with Gasteiger partial charge in [0.2, 0.25) is 0 Å². The van der Waals surface area contributed by atoms with E-state index in [2.05, 4.69) is 54.8 Å². The minimum Gasteiger partial charge on any atom is -0.355 e. The zero-order valence-electron chi connectivity index (χ0n) is 12.9. The first-order chi connectivity index (χ1) is 9.46. The van der Waals surface area contributed by atoms with Gasteiger partial charge < -0.3 is 16.4 Å². The molecule has 0 amide bonds. The maximum atomic E-state index is 5.56. The number of hydrogen-bond donors (Lipinski definition) is 3. The fraction of sp³-hybridized carbons (Fsp3) is 0.533. The van der Waals surface area contributed by atoms with Crippen molar-refractivity contribution in [3.8, 4) is 0 Å². The van der Waals surface area contributed by atoms with Crippen molar-refractivity contribution in [3.05, 3.63) is 24.3 Å². The molecule has 0 aliphatic heterocycles. The first-order valence-electron chi connectivity index (χ1n) is 6.84. The summed E-state index contributed by atoms with van der Waals surface area (Å²) in [6.07, 6.45) is 2.07. The molecular weight excluding hydrogens is 268 g/mol. The van der Waals surface area contributed by atoms with Gasteiger partial charge in [-0.2, -0.15) is 0 Å². The van der Waals surface area contributed by atoms with Crippen molar-refractivity contribution in [3.63, 3.8) is 0 Å². The van der Waals surface area contributed by atoms with Gasteiger partial charge in [-0.25, -0.2) is 0 Å². The number of anilines is 1. The lowest BCUT2D eigenvalue weighted by Gasteiger charge is -2.18. The van der Waals surface area contributed by atoms with Gasteiger partial charge in [0.1, 0.15) is 0 Å². The highest BCUT2D eigenvalue weighted by atomic mass is 32.2. The number of para-hydroxylation sites is 1. The number of rotatable bonds is 5. The molecule has 112 valence electrons. The van der Waals surface area contributed by atoms with Crippen molar-refractivity contribution in [1.29, 1.82) is 0 Å². The molecule has 0 aliphatic carbocycles. The van der Waals surface area contributed by atoms with Crippen molar-refractivity contribution in [1.82, 2.24) is 5.32 Å². The van der Waals surface area contributed by atoms with Crippen LogP contribution in [0.2, 0.25) is 0 Å². The highest BCUT2D eigenvalue weighted by Gasteiger charge is 2.10. The molecule has 0 heterocycles. The Kier molecular flexibility index (Phi) is 6.88. The normalized spacial score (nSPS) is 12.3. The Morgan fingerprint density at radius 2 is 2.00 bits per heavy atom.